The van der Waals surface area contributed by atoms with Crippen LogP contribution in [0.1, 0.15) is 18.0 Å². The van der Waals surface area contributed by atoms with Gasteiger partial charge in [-0.15, -0.1) is 12.4 Å². The van der Waals surface area contributed by atoms with E-state index in [1.54, 1.807) is 0 Å². The Morgan fingerprint density at radius 1 is 1.40 bits per heavy atom. The van der Waals surface area contributed by atoms with Gasteiger partial charge in [-0.3, -0.25) is 0 Å². The van der Waals surface area contributed by atoms with Crippen molar-refractivity contribution in [2.75, 3.05) is 6.61 Å². The maximum Gasteiger partial charge on any atom is 0.149 e. The van der Waals surface area contributed by atoms with E-state index < -0.39 is 17.7 Å². The number of hydrogen-bond acceptors (Lipinski definition) is 2. The van der Waals surface area contributed by atoms with Gasteiger partial charge in [-0.25, -0.2) is 8.78 Å². The number of rotatable bonds is 3. The van der Waals surface area contributed by atoms with E-state index in [0.29, 0.717) is 0 Å². The number of nitrogens with two attached hydrogens (primary N) is 1. The smallest absolute Gasteiger partial charge is 0.149 e. The first-order valence-electron chi connectivity index (χ1n) is 4.07. The van der Waals surface area contributed by atoms with Gasteiger partial charge in [-0.1, -0.05) is 11.6 Å². The summed E-state index contributed by atoms with van der Waals surface area (Å²) in [7, 11) is 0. The van der Waals surface area contributed by atoms with E-state index in [1.807, 2.05) is 0 Å². The molecule has 0 aliphatic carbocycles. The van der Waals surface area contributed by atoms with Crippen molar-refractivity contribution in [1.82, 2.24) is 0 Å². The van der Waals surface area contributed by atoms with Crippen LogP contribution in [0, 0.1) is 11.6 Å². The molecule has 0 aliphatic heterocycles. The topological polar surface area (TPSA) is 46.2 Å². The minimum Gasteiger partial charge on any atom is -0.396 e. The standard InChI is InChI=1S/C9H10ClF2NO.ClH/c10-5-1-2-6(11)8(9(5)12)7(13)3-4-14;/h1-2,7,14H,3-4,13H2;1H. The summed E-state index contributed by atoms with van der Waals surface area (Å²) in [5.41, 5.74) is 5.21. The second kappa shape index (κ2) is 6.23. The van der Waals surface area contributed by atoms with Crippen LogP contribution in [0.25, 0.3) is 0 Å². The number of aliphatic hydroxyl groups excluding tert-OH is 1. The van der Waals surface area contributed by atoms with Gasteiger partial charge in [0, 0.05) is 18.2 Å². The first kappa shape index (κ1) is 14.6. The largest absolute Gasteiger partial charge is 0.396 e. The Morgan fingerprint density at radius 3 is 2.53 bits per heavy atom. The van der Waals surface area contributed by atoms with E-state index in [4.69, 9.17) is 22.4 Å². The molecule has 0 heterocycles. The summed E-state index contributed by atoms with van der Waals surface area (Å²) >= 11 is 5.47. The Morgan fingerprint density at radius 2 is 2.00 bits per heavy atom. The van der Waals surface area contributed by atoms with Crippen molar-refractivity contribution in [1.29, 1.82) is 0 Å². The highest BCUT2D eigenvalue weighted by atomic mass is 35.5. The average Bonchev–Trinajstić information content (AvgIpc) is 2.13. The summed E-state index contributed by atoms with van der Waals surface area (Å²) in [6.45, 7) is -0.230. The van der Waals surface area contributed by atoms with E-state index in [0.717, 1.165) is 12.1 Å². The lowest BCUT2D eigenvalue weighted by atomic mass is 10.0. The predicted octanol–water partition coefficient (Wildman–Crippen LogP) is 2.42. The van der Waals surface area contributed by atoms with Gasteiger partial charge in [0.1, 0.15) is 11.6 Å². The maximum absolute atomic E-state index is 13.3. The third kappa shape index (κ3) is 3.28. The molecule has 86 valence electrons. The molecule has 0 saturated carbocycles. The van der Waals surface area contributed by atoms with Crippen LogP contribution in [0.4, 0.5) is 8.78 Å². The second-order valence-electron chi connectivity index (χ2n) is 2.88. The number of hydrogen-bond donors (Lipinski definition) is 2. The van der Waals surface area contributed by atoms with Gasteiger partial charge in [-0.05, 0) is 18.6 Å². The molecule has 1 rings (SSSR count). The van der Waals surface area contributed by atoms with Crippen molar-refractivity contribution in [2.45, 2.75) is 12.5 Å². The summed E-state index contributed by atoms with van der Waals surface area (Å²) in [6, 6.07) is 1.30. The fourth-order valence-electron chi connectivity index (χ4n) is 1.17. The lowest BCUT2D eigenvalue weighted by molar-refractivity contribution is 0.274. The lowest BCUT2D eigenvalue weighted by Crippen LogP contribution is -2.15. The van der Waals surface area contributed by atoms with Crippen LogP contribution in [0.2, 0.25) is 5.02 Å². The predicted molar refractivity (Wildman–Crippen MR) is 57.2 cm³/mol. The molecule has 0 bridgehead atoms. The van der Waals surface area contributed by atoms with Gasteiger partial charge >= 0.3 is 0 Å². The molecule has 0 saturated heterocycles. The van der Waals surface area contributed by atoms with Crippen molar-refractivity contribution in [3.8, 4) is 0 Å². The van der Waals surface area contributed by atoms with Gasteiger partial charge in [0.25, 0.3) is 0 Å². The highest BCUT2D eigenvalue weighted by Gasteiger charge is 2.18. The van der Waals surface area contributed by atoms with E-state index >= 15 is 0 Å². The Labute approximate surface area is 97.4 Å². The average molecular weight is 258 g/mol. The fraction of sp³-hybridized carbons (Fsp3) is 0.333. The Bertz CT molecular complexity index is 336. The molecular formula is C9H11Cl2F2NO. The third-order valence-corrected chi connectivity index (χ3v) is 2.18. The Kier molecular flexibility index (Phi) is 6.05. The van der Waals surface area contributed by atoms with Gasteiger partial charge in [0.2, 0.25) is 0 Å². The van der Waals surface area contributed by atoms with Gasteiger partial charge in [-0.2, -0.15) is 0 Å². The quantitative estimate of drug-likeness (QED) is 0.818. The molecule has 1 aromatic rings. The van der Waals surface area contributed by atoms with Crippen molar-refractivity contribution >= 4 is 24.0 Å². The maximum atomic E-state index is 13.3. The molecular weight excluding hydrogens is 247 g/mol. The lowest BCUT2D eigenvalue weighted by Gasteiger charge is -2.12. The van der Waals surface area contributed by atoms with E-state index in [2.05, 4.69) is 0 Å². The summed E-state index contributed by atoms with van der Waals surface area (Å²) in [5, 5.41) is 8.42. The number of halogens is 4. The van der Waals surface area contributed by atoms with Crippen LogP contribution in [0.5, 0.6) is 0 Å². The highest BCUT2D eigenvalue weighted by Crippen LogP contribution is 2.26. The van der Waals surface area contributed by atoms with E-state index in [-0.39, 0.29) is 36.0 Å². The molecule has 2 nitrogen and oxygen atoms in total. The fourth-order valence-corrected chi connectivity index (χ4v) is 1.33. The molecule has 1 atom stereocenters. The van der Waals surface area contributed by atoms with Crippen molar-refractivity contribution in [2.24, 2.45) is 5.73 Å². The summed E-state index contributed by atoms with van der Waals surface area (Å²) in [4.78, 5) is 0. The Hall–Kier alpha value is -0.420. The third-order valence-electron chi connectivity index (χ3n) is 1.89. The minimum atomic E-state index is -0.876. The molecule has 1 aromatic carbocycles. The highest BCUT2D eigenvalue weighted by molar-refractivity contribution is 6.30. The Balaban J connectivity index is 0.00000196. The summed E-state index contributed by atoms with van der Waals surface area (Å²) in [6.07, 6.45) is 0.0915. The first-order chi connectivity index (χ1) is 6.57. The monoisotopic (exact) mass is 257 g/mol. The molecule has 0 radical (unpaired) electrons. The van der Waals surface area contributed by atoms with Crippen LogP contribution in [-0.2, 0) is 0 Å². The van der Waals surface area contributed by atoms with Gasteiger partial charge in [0.05, 0.1) is 5.02 Å². The van der Waals surface area contributed by atoms with Crippen LogP contribution >= 0.6 is 24.0 Å². The zero-order chi connectivity index (χ0) is 10.7. The molecule has 3 N–H and O–H groups in total. The summed E-state index contributed by atoms with van der Waals surface area (Å²) in [5.74, 6) is -1.60. The zero-order valence-corrected chi connectivity index (χ0v) is 9.29. The summed E-state index contributed by atoms with van der Waals surface area (Å²) < 4.78 is 26.4. The van der Waals surface area contributed by atoms with Crippen LogP contribution in [-0.4, -0.2) is 11.7 Å². The van der Waals surface area contributed by atoms with Gasteiger partial charge in [0.15, 0.2) is 0 Å². The molecule has 0 aliphatic rings. The number of aliphatic hydroxyl groups is 1. The van der Waals surface area contributed by atoms with Crippen molar-refractivity contribution < 1.29 is 13.9 Å². The van der Waals surface area contributed by atoms with E-state index in [1.165, 1.54) is 0 Å². The molecule has 0 amide bonds. The molecule has 15 heavy (non-hydrogen) atoms. The normalized spacial score (nSPS) is 12.1. The van der Waals surface area contributed by atoms with Crippen molar-refractivity contribution in [3.05, 3.63) is 34.4 Å². The molecule has 0 aromatic heterocycles. The molecule has 0 fully saturated rings. The van der Waals surface area contributed by atoms with Crippen LogP contribution in [0.3, 0.4) is 0 Å². The minimum absolute atomic E-state index is 0. The van der Waals surface area contributed by atoms with Crippen LogP contribution in [0.15, 0.2) is 12.1 Å². The molecule has 0 spiro atoms. The SMILES string of the molecule is Cl.NC(CCO)c1c(F)ccc(Cl)c1F. The van der Waals surface area contributed by atoms with E-state index in [9.17, 15) is 8.78 Å². The zero-order valence-electron chi connectivity index (χ0n) is 7.71. The van der Waals surface area contributed by atoms with Crippen molar-refractivity contribution in [3.63, 3.8) is 0 Å². The molecule has 1 unspecified atom stereocenters. The first-order valence-corrected chi connectivity index (χ1v) is 4.45. The molecule has 6 heteroatoms. The van der Waals surface area contributed by atoms with Gasteiger partial charge < -0.3 is 10.8 Å². The van der Waals surface area contributed by atoms with Crippen LogP contribution < -0.4 is 5.73 Å². The second-order valence-corrected chi connectivity index (χ2v) is 3.28. The number of benzene rings is 1.